The van der Waals surface area contributed by atoms with Gasteiger partial charge in [0.25, 0.3) is 0 Å². The van der Waals surface area contributed by atoms with Crippen LogP contribution in [0.4, 0.5) is 0 Å². The molecule has 0 amide bonds. The summed E-state index contributed by atoms with van der Waals surface area (Å²) in [4.78, 5) is 2.96. The van der Waals surface area contributed by atoms with E-state index in [1.165, 1.54) is 5.56 Å². The monoisotopic (exact) mass is 420 g/mol. The predicted octanol–water partition coefficient (Wildman–Crippen LogP) is 3.85. The first-order chi connectivity index (χ1) is 13.0. The molecule has 3 aliphatic rings. The van der Waals surface area contributed by atoms with Crippen LogP contribution >= 0.6 is 23.4 Å². The van der Waals surface area contributed by atoms with Crippen molar-refractivity contribution in [2.75, 3.05) is 18.8 Å². The molecule has 27 heavy (non-hydrogen) atoms. The summed E-state index contributed by atoms with van der Waals surface area (Å²) in [6, 6.07) is 17.7. The summed E-state index contributed by atoms with van der Waals surface area (Å²) in [5.41, 5.74) is 1.26. The molecule has 0 radical (unpaired) electrons. The van der Waals surface area contributed by atoms with Crippen LogP contribution in [0.15, 0.2) is 59.5 Å². The van der Waals surface area contributed by atoms with Crippen molar-refractivity contribution in [2.45, 2.75) is 28.8 Å². The highest BCUT2D eigenvalue weighted by Crippen LogP contribution is 2.51. The minimum absolute atomic E-state index is 0.293. The van der Waals surface area contributed by atoms with Gasteiger partial charge in [0, 0.05) is 35.9 Å². The molecule has 0 N–H and O–H groups in total. The molecule has 0 saturated carbocycles. The zero-order chi connectivity index (χ0) is 18.6. The first-order valence-corrected chi connectivity index (χ1v) is 12.1. The minimum atomic E-state index is -3.41. The summed E-state index contributed by atoms with van der Waals surface area (Å²) in [5, 5.41) is 1.04. The molecule has 0 bridgehead atoms. The summed E-state index contributed by atoms with van der Waals surface area (Å²) < 4.78 is 27.8. The summed E-state index contributed by atoms with van der Waals surface area (Å²) in [6.07, 6.45) is 1.09. The Hall–Kier alpha value is -1.05. The van der Waals surface area contributed by atoms with E-state index in [2.05, 4.69) is 17.0 Å². The van der Waals surface area contributed by atoms with Crippen LogP contribution in [-0.2, 0) is 10.0 Å². The minimum Gasteiger partial charge on any atom is -0.279 e. The fraction of sp³-hybridized carbons (Fsp3) is 0.400. The van der Waals surface area contributed by atoms with E-state index >= 15 is 0 Å². The number of thioether (sulfide) groups is 1. The maximum atomic E-state index is 13.0. The van der Waals surface area contributed by atoms with Gasteiger partial charge in [0.2, 0.25) is 10.0 Å². The molecule has 0 unspecified atom stereocenters. The lowest BCUT2D eigenvalue weighted by atomic mass is 10.0. The summed E-state index contributed by atoms with van der Waals surface area (Å²) in [7, 11) is -3.41. The standard InChI is InChI=1S/C20H21ClN2O2S2/c21-16-8-6-14(7-9-16)20-23-17(13-26-20)10-15-11-22(12-19(15)23)27(24,25)18-4-2-1-3-5-18/h1-9,15,17,19-20H,10-13H2/t15-,17-,19+,20+/m0/s1. The number of sulfonamides is 1. The van der Waals surface area contributed by atoms with Gasteiger partial charge < -0.3 is 0 Å². The topological polar surface area (TPSA) is 40.6 Å². The summed E-state index contributed by atoms with van der Waals surface area (Å²) in [5.74, 6) is 1.54. The third-order valence-corrected chi connectivity index (χ3v) is 9.51. The van der Waals surface area contributed by atoms with E-state index in [1.807, 2.05) is 30.0 Å². The predicted molar refractivity (Wildman–Crippen MR) is 109 cm³/mol. The van der Waals surface area contributed by atoms with E-state index in [-0.39, 0.29) is 0 Å². The lowest BCUT2D eigenvalue weighted by molar-refractivity contribution is 0.198. The van der Waals surface area contributed by atoms with E-state index in [0.717, 1.165) is 17.2 Å². The zero-order valence-electron chi connectivity index (χ0n) is 14.7. The fourth-order valence-corrected chi connectivity index (χ4v) is 7.99. The molecule has 0 aromatic heterocycles. The Kier molecular flexibility index (Phi) is 4.52. The number of nitrogens with zero attached hydrogens (tertiary/aromatic N) is 2. The van der Waals surface area contributed by atoms with Crippen LogP contribution in [0.2, 0.25) is 5.02 Å². The lowest BCUT2D eigenvalue weighted by Gasteiger charge is -2.30. The van der Waals surface area contributed by atoms with E-state index in [9.17, 15) is 8.42 Å². The molecule has 3 heterocycles. The van der Waals surface area contributed by atoms with Gasteiger partial charge in [-0.25, -0.2) is 8.42 Å². The number of hydrogen-bond donors (Lipinski definition) is 0. The van der Waals surface area contributed by atoms with E-state index < -0.39 is 10.0 Å². The van der Waals surface area contributed by atoms with Gasteiger partial charge in [0.05, 0.1) is 10.3 Å². The second kappa shape index (κ2) is 6.78. The quantitative estimate of drug-likeness (QED) is 0.756. The molecule has 4 atom stereocenters. The number of hydrogen-bond acceptors (Lipinski definition) is 4. The van der Waals surface area contributed by atoms with Gasteiger partial charge in [-0.3, -0.25) is 4.90 Å². The number of fused-ring (bicyclic) bond motifs is 3. The van der Waals surface area contributed by atoms with Gasteiger partial charge in [-0.2, -0.15) is 4.31 Å². The summed E-state index contributed by atoms with van der Waals surface area (Å²) in [6.45, 7) is 1.22. The number of benzene rings is 2. The van der Waals surface area contributed by atoms with E-state index in [0.29, 0.717) is 41.4 Å². The van der Waals surface area contributed by atoms with Crippen molar-refractivity contribution in [2.24, 2.45) is 5.92 Å². The Morgan fingerprint density at radius 2 is 1.74 bits per heavy atom. The average Bonchev–Trinajstić information content (AvgIpc) is 3.34. The van der Waals surface area contributed by atoms with Crippen molar-refractivity contribution >= 4 is 33.4 Å². The number of rotatable bonds is 3. The second-order valence-electron chi connectivity index (χ2n) is 7.54. The third-order valence-electron chi connectivity index (χ3n) is 6.01. The normalized spacial score (nSPS) is 31.1. The highest BCUT2D eigenvalue weighted by molar-refractivity contribution is 7.99. The Balaban J connectivity index is 1.40. The van der Waals surface area contributed by atoms with Crippen molar-refractivity contribution in [1.82, 2.24) is 9.21 Å². The molecule has 3 saturated heterocycles. The first-order valence-electron chi connectivity index (χ1n) is 9.24. The van der Waals surface area contributed by atoms with Crippen molar-refractivity contribution < 1.29 is 8.42 Å². The molecule has 2 aromatic rings. The molecule has 3 aliphatic heterocycles. The molecule has 5 rings (SSSR count). The molecule has 7 heteroatoms. The highest BCUT2D eigenvalue weighted by atomic mass is 35.5. The maximum Gasteiger partial charge on any atom is 0.243 e. The van der Waals surface area contributed by atoms with E-state index in [4.69, 9.17) is 11.6 Å². The molecule has 3 fully saturated rings. The van der Waals surface area contributed by atoms with Gasteiger partial charge in [-0.1, -0.05) is 41.9 Å². The van der Waals surface area contributed by atoms with Crippen LogP contribution in [0.5, 0.6) is 0 Å². The summed E-state index contributed by atoms with van der Waals surface area (Å²) >= 11 is 8.01. The third kappa shape index (κ3) is 3.02. The molecule has 2 aromatic carbocycles. The Morgan fingerprint density at radius 3 is 2.48 bits per heavy atom. The molecule has 0 aliphatic carbocycles. The molecular weight excluding hydrogens is 400 g/mol. The molecule has 0 spiro atoms. The zero-order valence-corrected chi connectivity index (χ0v) is 17.1. The van der Waals surface area contributed by atoms with Crippen LogP contribution in [0.25, 0.3) is 0 Å². The van der Waals surface area contributed by atoms with Crippen LogP contribution < -0.4 is 0 Å². The van der Waals surface area contributed by atoms with Gasteiger partial charge in [0.15, 0.2) is 0 Å². The van der Waals surface area contributed by atoms with Crippen LogP contribution in [0, 0.1) is 5.92 Å². The first kappa shape index (κ1) is 18.0. The van der Waals surface area contributed by atoms with Crippen LogP contribution in [-0.4, -0.2) is 48.5 Å². The van der Waals surface area contributed by atoms with Crippen molar-refractivity contribution in [3.63, 3.8) is 0 Å². The second-order valence-corrected chi connectivity index (χ2v) is 11.0. The van der Waals surface area contributed by atoms with Crippen molar-refractivity contribution in [3.05, 3.63) is 65.2 Å². The van der Waals surface area contributed by atoms with Gasteiger partial charge in [-0.15, -0.1) is 11.8 Å². The number of halogens is 1. The van der Waals surface area contributed by atoms with Crippen LogP contribution in [0.3, 0.4) is 0 Å². The molecular formula is C20H21ClN2O2S2. The Labute approximate surface area is 169 Å². The van der Waals surface area contributed by atoms with Gasteiger partial charge in [0.1, 0.15) is 0 Å². The SMILES string of the molecule is O=S(=O)(c1ccccc1)N1C[C@@H]2C[C@H]3CS[C@H](c4ccc(Cl)cc4)N3[C@@H]2C1. The largest absolute Gasteiger partial charge is 0.279 e. The average molecular weight is 421 g/mol. The fourth-order valence-electron chi connectivity index (χ4n) is 4.77. The van der Waals surface area contributed by atoms with Crippen molar-refractivity contribution in [3.8, 4) is 0 Å². The van der Waals surface area contributed by atoms with Crippen molar-refractivity contribution in [1.29, 1.82) is 0 Å². The Bertz CT molecular complexity index is 936. The smallest absolute Gasteiger partial charge is 0.243 e. The van der Waals surface area contributed by atoms with Gasteiger partial charge >= 0.3 is 0 Å². The van der Waals surface area contributed by atoms with E-state index in [1.54, 1.807) is 28.6 Å². The maximum absolute atomic E-state index is 13.0. The molecule has 142 valence electrons. The Morgan fingerprint density at radius 1 is 1.00 bits per heavy atom. The van der Waals surface area contributed by atoms with Gasteiger partial charge in [-0.05, 0) is 42.2 Å². The molecule has 4 nitrogen and oxygen atoms in total. The lowest BCUT2D eigenvalue weighted by Crippen LogP contribution is -2.39. The highest BCUT2D eigenvalue weighted by Gasteiger charge is 2.53. The van der Waals surface area contributed by atoms with Crippen LogP contribution in [0.1, 0.15) is 17.4 Å².